The van der Waals surface area contributed by atoms with Crippen molar-refractivity contribution in [1.29, 1.82) is 0 Å². The number of nitrogens with zero attached hydrogens (tertiary/aromatic N) is 1. The molecule has 0 saturated carbocycles. The zero-order valence-electron chi connectivity index (χ0n) is 8.35. The lowest BCUT2D eigenvalue weighted by Crippen LogP contribution is -2.29. The minimum Gasteiger partial charge on any atom is -0.467 e. The van der Waals surface area contributed by atoms with Gasteiger partial charge in [-0.15, -0.1) is 0 Å². The lowest BCUT2D eigenvalue weighted by molar-refractivity contribution is 0.452. The fourth-order valence-corrected chi connectivity index (χ4v) is 1.64. The molecule has 2 aromatic rings. The zero-order chi connectivity index (χ0) is 11.5. The van der Waals surface area contributed by atoms with Gasteiger partial charge in [0.2, 0.25) is 0 Å². The second kappa shape index (κ2) is 4.52. The first kappa shape index (κ1) is 10.9. The molecule has 0 aliphatic heterocycles. The Labute approximate surface area is 97.4 Å². The molecular formula is C10H11ClN4O. The quantitative estimate of drug-likeness (QED) is 0.556. The molecule has 0 amide bonds. The van der Waals surface area contributed by atoms with Crippen LogP contribution in [0.4, 0.5) is 5.82 Å². The van der Waals surface area contributed by atoms with Crippen molar-refractivity contribution in [2.75, 3.05) is 5.73 Å². The van der Waals surface area contributed by atoms with Crippen molar-refractivity contribution in [3.8, 4) is 0 Å². The van der Waals surface area contributed by atoms with Gasteiger partial charge in [-0.3, -0.25) is 5.84 Å². The number of nitrogens with two attached hydrogens (primary N) is 2. The number of furan rings is 1. The third-order valence-electron chi connectivity index (χ3n) is 2.22. The van der Waals surface area contributed by atoms with Crippen molar-refractivity contribution in [1.82, 2.24) is 10.4 Å². The SMILES string of the molecule is NNC(c1ccco1)c1cc(Cl)cnc1N. The summed E-state index contributed by atoms with van der Waals surface area (Å²) in [6.45, 7) is 0. The van der Waals surface area contributed by atoms with Crippen molar-refractivity contribution in [3.05, 3.63) is 47.0 Å². The predicted molar refractivity (Wildman–Crippen MR) is 61.5 cm³/mol. The number of halogens is 1. The summed E-state index contributed by atoms with van der Waals surface area (Å²) in [4.78, 5) is 3.97. The number of anilines is 1. The average molecular weight is 239 g/mol. The number of pyridine rings is 1. The van der Waals surface area contributed by atoms with Crippen LogP contribution in [0.25, 0.3) is 0 Å². The maximum absolute atomic E-state index is 5.86. The third kappa shape index (κ3) is 2.01. The molecule has 2 rings (SSSR count). The van der Waals surface area contributed by atoms with Crippen LogP contribution < -0.4 is 17.0 Å². The number of hydrazine groups is 1. The number of aromatic nitrogens is 1. The first-order chi connectivity index (χ1) is 7.72. The average Bonchev–Trinajstić information content (AvgIpc) is 2.78. The normalized spacial score (nSPS) is 12.6. The molecule has 1 unspecified atom stereocenters. The van der Waals surface area contributed by atoms with Gasteiger partial charge >= 0.3 is 0 Å². The van der Waals surface area contributed by atoms with Gasteiger partial charge in [-0.1, -0.05) is 11.6 Å². The van der Waals surface area contributed by atoms with Crippen LogP contribution in [0.3, 0.4) is 0 Å². The topological polar surface area (TPSA) is 90.1 Å². The molecule has 0 bridgehead atoms. The lowest BCUT2D eigenvalue weighted by atomic mass is 10.1. The molecule has 2 heterocycles. The molecule has 0 aromatic carbocycles. The minimum absolute atomic E-state index is 0.360. The second-order valence-electron chi connectivity index (χ2n) is 3.24. The van der Waals surface area contributed by atoms with Gasteiger partial charge < -0.3 is 10.2 Å². The van der Waals surface area contributed by atoms with Crippen molar-refractivity contribution < 1.29 is 4.42 Å². The number of rotatable bonds is 3. The fraction of sp³-hybridized carbons (Fsp3) is 0.100. The summed E-state index contributed by atoms with van der Waals surface area (Å²) in [5, 5.41) is 0.496. The van der Waals surface area contributed by atoms with E-state index in [1.807, 2.05) is 0 Å². The molecule has 0 aliphatic rings. The van der Waals surface area contributed by atoms with E-state index in [0.29, 0.717) is 22.2 Å². The highest BCUT2D eigenvalue weighted by molar-refractivity contribution is 6.30. The van der Waals surface area contributed by atoms with Crippen LogP contribution in [-0.2, 0) is 0 Å². The highest BCUT2D eigenvalue weighted by Crippen LogP contribution is 2.27. The van der Waals surface area contributed by atoms with Crippen LogP contribution in [0, 0.1) is 0 Å². The Morgan fingerprint density at radius 1 is 1.50 bits per heavy atom. The van der Waals surface area contributed by atoms with E-state index in [0.717, 1.165) is 0 Å². The number of hydrogen-bond donors (Lipinski definition) is 3. The van der Waals surface area contributed by atoms with Crippen LogP contribution in [-0.4, -0.2) is 4.98 Å². The van der Waals surface area contributed by atoms with Crippen molar-refractivity contribution in [2.24, 2.45) is 5.84 Å². The summed E-state index contributed by atoms with van der Waals surface area (Å²) >= 11 is 5.86. The van der Waals surface area contributed by atoms with Gasteiger partial charge in [0.15, 0.2) is 0 Å². The third-order valence-corrected chi connectivity index (χ3v) is 2.43. The first-order valence-corrected chi connectivity index (χ1v) is 5.00. The molecule has 6 heteroatoms. The van der Waals surface area contributed by atoms with Crippen molar-refractivity contribution >= 4 is 17.4 Å². The molecule has 2 aromatic heterocycles. The summed E-state index contributed by atoms with van der Waals surface area (Å²) in [5.74, 6) is 6.49. The molecule has 84 valence electrons. The van der Waals surface area contributed by atoms with E-state index >= 15 is 0 Å². The van der Waals surface area contributed by atoms with Gasteiger partial charge in [0.05, 0.1) is 11.3 Å². The predicted octanol–water partition coefficient (Wildman–Crippen LogP) is 1.46. The van der Waals surface area contributed by atoms with E-state index in [-0.39, 0.29) is 6.04 Å². The van der Waals surface area contributed by atoms with Crippen LogP contribution in [0.5, 0.6) is 0 Å². The molecule has 0 fully saturated rings. The van der Waals surface area contributed by atoms with Gasteiger partial charge in [0.25, 0.3) is 0 Å². The van der Waals surface area contributed by atoms with Crippen molar-refractivity contribution in [3.63, 3.8) is 0 Å². The Morgan fingerprint density at radius 3 is 2.94 bits per heavy atom. The van der Waals surface area contributed by atoms with E-state index in [4.69, 9.17) is 27.6 Å². The maximum atomic E-state index is 5.86. The summed E-state index contributed by atoms with van der Waals surface area (Å²) in [6, 6.07) is 4.91. The highest BCUT2D eigenvalue weighted by Gasteiger charge is 2.18. The van der Waals surface area contributed by atoms with Gasteiger partial charge in [0, 0.05) is 11.8 Å². The molecule has 0 spiro atoms. The second-order valence-corrected chi connectivity index (χ2v) is 3.68. The summed E-state index contributed by atoms with van der Waals surface area (Å²) in [7, 11) is 0. The van der Waals surface area contributed by atoms with E-state index in [9.17, 15) is 0 Å². The number of nitrogen functional groups attached to an aromatic ring is 1. The summed E-state index contributed by atoms with van der Waals surface area (Å²) in [6.07, 6.45) is 3.05. The van der Waals surface area contributed by atoms with Crippen LogP contribution in [0.15, 0.2) is 35.1 Å². The minimum atomic E-state index is -0.360. The summed E-state index contributed by atoms with van der Waals surface area (Å²) < 4.78 is 5.27. The van der Waals surface area contributed by atoms with Crippen LogP contribution in [0.2, 0.25) is 5.02 Å². The van der Waals surface area contributed by atoms with E-state index in [1.54, 1.807) is 24.5 Å². The zero-order valence-corrected chi connectivity index (χ0v) is 9.11. The molecule has 5 N–H and O–H groups in total. The molecule has 0 aliphatic carbocycles. The Kier molecular flexibility index (Phi) is 3.09. The lowest BCUT2D eigenvalue weighted by Gasteiger charge is -2.15. The largest absolute Gasteiger partial charge is 0.467 e. The Balaban J connectivity index is 2.44. The van der Waals surface area contributed by atoms with E-state index < -0.39 is 0 Å². The van der Waals surface area contributed by atoms with Crippen molar-refractivity contribution in [2.45, 2.75) is 6.04 Å². The Hall–Kier alpha value is -1.56. The maximum Gasteiger partial charge on any atom is 0.128 e. The molecule has 5 nitrogen and oxygen atoms in total. The number of hydrogen-bond acceptors (Lipinski definition) is 5. The van der Waals surface area contributed by atoms with Gasteiger partial charge in [0.1, 0.15) is 17.6 Å². The summed E-state index contributed by atoms with van der Waals surface area (Å²) in [5.41, 5.74) is 9.07. The van der Waals surface area contributed by atoms with Gasteiger partial charge in [-0.05, 0) is 18.2 Å². The molecule has 0 radical (unpaired) electrons. The van der Waals surface area contributed by atoms with Crippen LogP contribution in [0.1, 0.15) is 17.4 Å². The standard InChI is InChI=1S/C10H11ClN4O/c11-6-4-7(10(12)14-5-6)9(15-13)8-2-1-3-16-8/h1-5,9,15H,13H2,(H2,12,14). The molecule has 0 saturated heterocycles. The monoisotopic (exact) mass is 238 g/mol. The molecule has 16 heavy (non-hydrogen) atoms. The highest BCUT2D eigenvalue weighted by atomic mass is 35.5. The Bertz CT molecular complexity index is 472. The van der Waals surface area contributed by atoms with Crippen LogP contribution >= 0.6 is 11.6 Å². The molecule has 1 atom stereocenters. The smallest absolute Gasteiger partial charge is 0.128 e. The first-order valence-electron chi connectivity index (χ1n) is 4.63. The van der Waals surface area contributed by atoms with Gasteiger partial charge in [-0.25, -0.2) is 10.4 Å². The fourth-order valence-electron chi connectivity index (χ4n) is 1.48. The number of nitrogens with one attached hydrogen (secondary N) is 1. The van der Waals surface area contributed by atoms with Gasteiger partial charge in [-0.2, -0.15) is 0 Å². The Morgan fingerprint density at radius 2 is 2.31 bits per heavy atom. The van der Waals surface area contributed by atoms with E-state index in [1.165, 1.54) is 6.20 Å². The van der Waals surface area contributed by atoms with E-state index in [2.05, 4.69) is 10.4 Å². The molecular weight excluding hydrogens is 228 g/mol.